The number of aromatic nitrogens is 3. The molecule has 1 aromatic carbocycles. The number of benzene rings is 1. The molecule has 1 atom stereocenters. The quantitative estimate of drug-likeness (QED) is 0.450. The molecule has 39 heavy (non-hydrogen) atoms. The van der Waals surface area contributed by atoms with Crippen LogP contribution in [-0.2, 0) is 10.4 Å². The van der Waals surface area contributed by atoms with E-state index in [1.807, 2.05) is 17.3 Å². The lowest BCUT2D eigenvalue weighted by atomic mass is 9.61. The van der Waals surface area contributed by atoms with Gasteiger partial charge in [0.25, 0.3) is 0 Å². The lowest BCUT2D eigenvalue weighted by molar-refractivity contribution is -0.138. The molecule has 7 nitrogen and oxygen atoms in total. The largest absolute Gasteiger partial charge is 0.380 e. The summed E-state index contributed by atoms with van der Waals surface area (Å²) < 4.78 is 0. The first kappa shape index (κ1) is 26.2. The van der Waals surface area contributed by atoms with E-state index in [-0.39, 0.29) is 11.3 Å². The van der Waals surface area contributed by atoms with Crippen LogP contribution in [0.4, 0.5) is 0 Å². The molecule has 2 aromatic heterocycles. The lowest BCUT2D eigenvalue weighted by Gasteiger charge is -2.57. The minimum atomic E-state index is -1.17. The molecule has 4 heterocycles. The van der Waals surface area contributed by atoms with Gasteiger partial charge in [-0.1, -0.05) is 45.0 Å². The molecule has 1 aliphatic carbocycles. The van der Waals surface area contributed by atoms with Gasteiger partial charge >= 0.3 is 0 Å². The van der Waals surface area contributed by atoms with Gasteiger partial charge in [0.2, 0.25) is 5.91 Å². The fourth-order valence-electron chi connectivity index (χ4n) is 6.73. The normalized spacial score (nSPS) is 21.5. The van der Waals surface area contributed by atoms with Crippen LogP contribution in [0.3, 0.4) is 0 Å². The van der Waals surface area contributed by atoms with Gasteiger partial charge in [-0.2, -0.15) is 5.10 Å². The highest BCUT2D eigenvalue weighted by atomic mass is 16.3. The lowest BCUT2D eigenvalue weighted by Crippen LogP contribution is -2.65. The van der Waals surface area contributed by atoms with Crippen LogP contribution in [0, 0.1) is 5.41 Å². The molecule has 0 radical (unpaired) electrons. The minimum Gasteiger partial charge on any atom is -0.380 e. The zero-order valence-corrected chi connectivity index (χ0v) is 23.7. The van der Waals surface area contributed by atoms with Crippen LogP contribution in [0.15, 0.2) is 48.8 Å². The van der Waals surface area contributed by atoms with Crippen molar-refractivity contribution in [3.8, 4) is 11.3 Å². The minimum absolute atomic E-state index is 0.147. The Morgan fingerprint density at radius 2 is 1.74 bits per heavy atom. The molecule has 206 valence electrons. The first-order valence-electron chi connectivity index (χ1n) is 14.5. The third-order valence-corrected chi connectivity index (χ3v) is 9.47. The Morgan fingerprint density at radius 3 is 2.36 bits per heavy atom. The first-order chi connectivity index (χ1) is 18.7. The smallest absolute Gasteiger partial charge is 0.219 e. The van der Waals surface area contributed by atoms with Crippen molar-refractivity contribution in [2.24, 2.45) is 5.41 Å². The van der Waals surface area contributed by atoms with Gasteiger partial charge in [-0.05, 0) is 54.9 Å². The van der Waals surface area contributed by atoms with E-state index in [0.29, 0.717) is 17.9 Å². The van der Waals surface area contributed by atoms with Gasteiger partial charge in [0.1, 0.15) is 5.60 Å². The Balaban J connectivity index is 1.31. The Labute approximate surface area is 231 Å². The molecule has 2 N–H and O–H groups in total. The van der Waals surface area contributed by atoms with Crippen LogP contribution in [0.1, 0.15) is 87.6 Å². The standard InChI is InChI=1S/C32H41N5O2/c1-21(2)23-5-7-26(8-6-23)32(39,31(4)19-37(20-31)28-9-10-28)27-15-25(17-33-18-27)30-16-29(34-35-30)24-11-13-36(14-12-24)22(3)38/h5-8,15-18,21,24,28,39H,9-14,19-20H2,1-4H3,(H,34,35)/t32-/m0/s1. The summed E-state index contributed by atoms with van der Waals surface area (Å²) in [4.78, 5) is 20.8. The van der Waals surface area contributed by atoms with Crippen molar-refractivity contribution in [3.63, 3.8) is 0 Å². The fourth-order valence-corrected chi connectivity index (χ4v) is 6.73. The van der Waals surface area contributed by atoms with Crippen molar-refractivity contribution >= 4 is 5.91 Å². The van der Waals surface area contributed by atoms with Gasteiger partial charge in [0, 0.05) is 79.7 Å². The predicted molar refractivity (Wildman–Crippen MR) is 152 cm³/mol. The van der Waals surface area contributed by atoms with Crippen LogP contribution >= 0.6 is 0 Å². The maximum Gasteiger partial charge on any atom is 0.219 e. The number of hydrogen-bond acceptors (Lipinski definition) is 5. The number of nitrogens with zero attached hydrogens (tertiary/aromatic N) is 4. The number of carbonyl (C=O) groups excluding carboxylic acids is 1. The molecular formula is C32H41N5O2. The SMILES string of the molecule is CC(=O)N1CCC(c2cc(-c3cncc([C@@](O)(c4ccc(C(C)C)cc4)C4(C)CN(C5CC5)C4)c3)n[nH]2)CC1. The zero-order chi connectivity index (χ0) is 27.4. The summed E-state index contributed by atoms with van der Waals surface area (Å²) in [5.41, 5.74) is 4.35. The van der Waals surface area contributed by atoms with Gasteiger partial charge in [-0.3, -0.25) is 19.8 Å². The highest BCUT2D eigenvalue weighted by Crippen LogP contribution is 2.53. The van der Waals surface area contributed by atoms with Crippen molar-refractivity contribution in [1.82, 2.24) is 25.0 Å². The van der Waals surface area contributed by atoms with Gasteiger partial charge in [0.05, 0.1) is 5.69 Å². The van der Waals surface area contributed by atoms with E-state index in [9.17, 15) is 9.90 Å². The molecule has 2 saturated heterocycles. The molecule has 1 amide bonds. The van der Waals surface area contributed by atoms with Crippen molar-refractivity contribution in [2.75, 3.05) is 26.2 Å². The summed E-state index contributed by atoms with van der Waals surface area (Å²) >= 11 is 0. The molecule has 0 bridgehead atoms. The number of nitrogens with one attached hydrogen (secondary N) is 1. The number of amides is 1. The number of rotatable bonds is 7. The maximum absolute atomic E-state index is 12.7. The molecule has 3 aliphatic rings. The number of piperidine rings is 1. The predicted octanol–water partition coefficient (Wildman–Crippen LogP) is 5.04. The van der Waals surface area contributed by atoms with Gasteiger partial charge in [0.15, 0.2) is 0 Å². The Bertz CT molecular complexity index is 1330. The maximum atomic E-state index is 12.7. The third kappa shape index (κ3) is 4.70. The number of carbonyl (C=O) groups is 1. The number of pyridine rings is 1. The number of H-pyrrole nitrogens is 1. The van der Waals surface area contributed by atoms with Crippen molar-refractivity contribution < 1.29 is 9.90 Å². The highest BCUT2D eigenvalue weighted by molar-refractivity contribution is 5.73. The summed E-state index contributed by atoms with van der Waals surface area (Å²) in [6.07, 6.45) is 8.07. The van der Waals surface area contributed by atoms with Gasteiger partial charge in [-0.15, -0.1) is 0 Å². The molecular weight excluding hydrogens is 486 g/mol. The van der Waals surface area contributed by atoms with E-state index < -0.39 is 5.60 Å². The van der Waals surface area contributed by atoms with E-state index >= 15 is 0 Å². The number of likely N-dealkylation sites (tertiary alicyclic amines) is 2. The fraction of sp³-hybridized carbons (Fsp3) is 0.531. The number of hydrogen-bond donors (Lipinski definition) is 2. The second-order valence-corrected chi connectivity index (χ2v) is 12.6. The third-order valence-electron chi connectivity index (χ3n) is 9.47. The second-order valence-electron chi connectivity index (χ2n) is 12.6. The second kappa shape index (κ2) is 9.86. The van der Waals surface area contributed by atoms with E-state index in [2.05, 4.69) is 77.3 Å². The van der Waals surface area contributed by atoms with Crippen molar-refractivity contribution in [1.29, 1.82) is 0 Å². The molecule has 3 aromatic rings. The van der Waals surface area contributed by atoms with E-state index in [1.165, 1.54) is 18.4 Å². The van der Waals surface area contributed by atoms with Crippen molar-refractivity contribution in [2.45, 2.75) is 76.9 Å². The summed E-state index contributed by atoms with van der Waals surface area (Å²) in [5.74, 6) is 0.940. The van der Waals surface area contributed by atoms with E-state index in [0.717, 1.165) is 67.1 Å². The van der Waals surface area contributed by atoms with Crippen LogP contribution in [0.25, 0.3) is 11.3 Å². The summed E-state index contributed by atoms with van der Waals surface area (Å²) in [6, 6.07) is 13.4. The van der Waals surface area contributed by atoms with E-state index in [4.69, 9.17) is 0 Å². The zero-order valence-electron chi connectivity index (χ0n) is 23.7. The van der Waals surface area contributed by atoms with Gasteiger partial charge in [-0.25, -0.2) is 0 Å². The Hall–Kier alpha value is -3.03. The molecule has 7 heteroatoms. The van der Waals surface area contributed by atoms with Crippen LogP contribution in [-0.4, -0.2) is 68.2 Å². The van der Waals surface area contributed by atoms with Crippen LogP contribution < -0.4 is 0 Å². The van der Waals surface area contributed by atoms with Crippen LogP contribution in [0.5, 0.6) is 0 Å². The van der Waals surface area contributed by atoms with Crippen LogP contribution in [0.2, 0.25) is 0 Å². The molecule has 2 aliphatic heterocycles. The molecule has 0 unspecified atom stereocenters. The average Bonchev–Trinajstić information content (AvgIpc) is 3.65. The van der Waals surface area contributed by atoms with Crippen molar-refractivity contribution in [3.05, 3.63) is 71.2 Å². The topological polar surface area (TPSA) is 85.3 Å². The Kier molecular flexibility index (Phi) is 6.63. The number of aliphatic hydroxyl groups is 1. The summed E-state index contributed by atoms with van der Waals surface area (Å²) in [6.45, 7) is 11.6. The summed E-state index contributed by atoms with van der Waals surface area (Å²) in [7, 11) is 0. The highest BCUT2D eigenvalue weighted by Gasteiger charge is 2.58. The molecule has 0 spiro atoms. The van der Waals surface area contributed by atoms with Gasteiger partial charge < -0.3 is 10.0 Å². The Morgan fingerprint density at radius 1 is 1.05 bits per heavy atom. The molecule has 6 rings (SSSR count). The monoisotopic (exact) mass is 527 g/mol. The summed E-state index contributed by atoms with van der Waals surface area (Å²) in [5, 5.41) is 20.6. The van der Waals surface area contributed by atoms with E-state index in [1.54, 1.807) is 6.92 Å². The average molecular weight is 528 g/mol. The first-order valence-corrected chi connectivity index (χ1v) is 14.5. The molecule has 3 fully saturated rings. The number of aromatic amines is 1. The molecule has 1 saturated carbocycles.